The van der Waals surface area contributed by atoms with Crippen LogP contribution in [0.15, 0.2) is 0 Å². The topological polar surface area (TPSA) is 29.5 Å². The molecule has 0 aromatic carbocycles. The van der Waals surface area contributed by atoms with Gasteiger partial charge in [-0.15, -0.1) is 0 Å². The van der Waals surface area contributed by atoms with Crippen molar-refractivity contribution in [3.8, 4) is 0 Å². The third kappa shape index (κ3) is 4.20. The first kappa shape index (κ1) is 14.4. The maximum absolute atomic E-state index is 11.9. The Morgan fingerprint density at radius 2 is 1.73 bits per heavy atom. The summed E-state index contributed by atoms with van der Waals surface area (Å²) in [6.07, 6.45) is 0.892. The van der Waals surface area contributed by atoms with Gasteiger partial charge in [0, 0.05) is 18.5 Å². The maximum atomic E-state index is 11.9. The number of hydrogen-bond acceptors (Lipinski definition) is 2. The first-order chi connectivity index (χ1) is 7.08. The minimum Gasteiger partial charge on any atom is -0.378 e. The van der Waals surface area contributed by atoms with Crippen LogP contribution in [0.1, 0.15) is 41.0 Å². The number of nitrogens with zero attached hydrogens (tertiary/aromatic N) is 1. The van der Waals surface area contributed by atoms with Crippen LogP contribution in [0.4, 0.5) is 0 Å². The van der Waals surface area contributed by atoms with E-state index in [1.54, 1.807) is 0 Å². The van der Waals surface area contributed by atoms with E-state index in [0.29, 0.717) is 13.2 Å². The van der Waals surface area contributed by atoms with Gasteiger partial charge in [0.05, 0.1) is 13.2 Å². The number of morpholine rings is 1. The van der Waals surface area contributed by atoms with Crippen LogP contribution in [0, 0.1) is 5.41 Å². The smallest absolute Gasteiger partial charge is 0.228 e. The van der Waals surface area contributed by atoms with Crippen LogP contribution in [-0.4, -0.2) is 37.1 Å². The monoisotopic (exact) mass is 215 g/mol. The molecule has 1 fully saturated rings. The summed E-state index contributed by atoms with van der Waals surface area (Å²) < 4.78 is 5.20. The normalized spacial score (nSPS) is 16.7. The van der Waals surface area contributed by atoms with Crippen LogP contribution in [0.2, 0.25) is 0 Å². The Kier molecular flexibility index (Phi) is 6.57. The number of rotatable bonds is 2. The molecule has 0 spiro atoms. The van der Waals surface area contributed by atoms with E-state index in [1.807, 2.05) is 32.6 Å². The minimum absolute atomic E-state index is 0.211. The first-order valence-electron chi connectivity index (χ1n) is 5.95. The van der Waals surface area contributed by atoms with Gasteiger partial charge in [-0.1, -0.05) is 34.6 Å². The molecule has 15 heavy (non-hydrogen) atoms. The van der Waals surface area contributed by atoms with Crippen molar-refractivity contribution in [2.45, 2.75) is 41.0 Å². The molecule has 0 aromatic heterocycles. The van der Waals surface area contributed by atoms with Crippen molar-refractivity contribution in [2.24, 2.45) is 5.41 Å². The third-order valence-electron chi connectivity index (χ3n) is 2.76. The Morgan fingerprint density at radius 3 is 2.13 bits per heavy atom. The van der Waals surface area contributed by atoms with E-state index in [4.69, 9.17) is 4.74 Å². The van der Waals surface area contributed by atoms with Crippen LogP contribution in [0.3, 0.4) is 0 Å². The van der Waals surface area contributed by atoms with Crippen LogP contribution in [0.25, 0.3) is 0 Å². The van der Waals surface area contributed by atoms with Crippen molar-refractivity contribution < 1.29 is 9.53 Å². The number of amides is 1. The van der Waals surface area contributed by atoms with E-state index in [-0.39, 0.29) is 11.3 Å². The molecule has 3 heteroatoms. The zero-order valence-corrected chi connectivity index (χ0v) is 10.8. The Morgan fingerprint density at radius 1 is 1.27 bits per heavy atom. The van der Waals surface area contributed by atoms with Crippen molar-refractivity contribution in [2.75, 3.05) is 26.3 Å². The molecule has 0 aliphatic carbocycles. The van der Waals surface area contributed by atoms with Crippen LogP contribution < -0.4 is 0 Å². The SMILES string of the molecule is CC.CCC(C)(C)C(=O)N1CCOCC1. The van der Waals surface area contributed by atoms with Gasteiger partial charge < -0.3 is 9.64 Å². The lowest BCUT2D eigenvalue weighted by Crippen LogP contribution is -2.46. The highest BCUT2D eigenvalue weighted by molar-refractivity contribution is 5.81. The Hall–Kier alpha value is -0.570. The summed E-state index contributed by atoms with van der Waals surface area (Å²) in [6.45, 7) is 12.9. The van der Waals surface area contributed by atoms with Crippen molar-refractivity contribution in [1.82, 2.24) is 4.90 Å². The molecule has 3 nitrogen and oxygen atoms in total. The molecule has 90 valence electrons. The van der Waals surface area contributed by atoms with E-state index in [9.17, 15) is 4.79 Å². The third-order valence-corrected chi connectivity index (χ3v) is 2.76. The number of carbonyl (C=O) groups is 1. The Balaban J connectivity index is 0.000000921. The fourth-order valence-corrected chi connectivity index (χ4v) is 1.35. The second-order valence-corrected chi connectivity index (χ2v) is 4.14. The van der Waals surface area contributed by atoms with Crippen molar-refractivity contribution in [1.29, 1.82) is 0 Å². The van der Waals surface area contributed by atoms with Gasteiger partial charge in [0.1, 0.15) is 0 Å². The van der Waals surface area contributed by atoms with Gasteiger partial charge in [-0.3, -0.25) is 4.79 Å². The molecule has 1 saturated heterocycles. The molecular weight excluding hydrogens is 190 g/mol. The summed E-state index contributed by atoms with van der Waals surface area (Å²) >= 11 is 0. The van der Waals surface area contributed by atoms with Gasteiger partial charge in [-0.25, -0.2) is 0 Å². The summed E-state index contributed by atoms with van der Waals surface area (Å²) in [7, 11) is 0. The van der Waals surface area contributed by atoms with E-state index in [1.165, 1.54) is 0 Å². The standard InChI is InChI=1S/C10H19NO2.C2H6/c1-4-10(2,3)9(12)11-5-7-13-8-6-11;1-2/h4-8H2,1-3H3;1-2H3. The van der Waals surface area contributed by atoms with E-state index in [2.05, 4.69) is 6.92 Å². The van der Waals surface area contributed by atoms with Crippen molar-refractivity contribution in [3.05, 3.63) is 0 Å². The molecule has 0 saturated carbocycles. The molecule has 1 rings (SSSR count). The quantitative estimate of drug-likeness (QED) is 0.707. The molecule has 0 N–H and O–H groups in total. The summed E-state index contributed by atoms with van der Waals surface area (Å²) in [5, 5.41) is 0. The van der Waals surface area contributed by atoms with E-state index < -0.39 is 0 Å². The summed E-state index contributed by atoms with van der Waals surface area (Å²) in [6, 6.07) is 0. The van der Waals surface area contributed by atoms with Crippen LogP contribution in [-0.2, 0) is 9.53 Å². The summed E-state index contributed by atoms with van der Waals surface area (Å²) in [5.41, 5.74) is -0.211. The molecule has 1 aliphatic rings. The van der Waals surface area contributed by atoms with Crippen molar-refractivity contribution >= 4 is 5.91 Å². The highest BCUT2D eigenvalue weighted by Gasteiger charge is 2.30. The van der Waals surface area contributed by atoms with Gasteiger partial charge in [0.2, 0.25) is 5.91 Å². The average molecular weight is 215 g/mol. The van der Waals surface area contributed by atoms with Crippen LogP contribution >= 0.6 is 0 Å². The first-order valence-corrected chi connectivity index (χ1v) is 5.95. The lowest BCUT2D eigenvalue weighted by Gasteiger charge is -2.33. The second kappa shape index (κ2) is 6.83. The highest BCUT2D eigenvalue weighted by Crippen LogP contribution is 2.23. The molecule has 0 bridgehead atoms. The van der Waals surface area contributed by atoms with Gasteiger partial charge in [0.25, 0.3) is 0 Å². The van der Waals surface area contributed by atoms with Gasteiger partial charge in [-0.2, -0.15) is 0 Å². The van der Waals surface area contributed by atoms with Gasteiger partial charge in [-0.05, 0) is 6.42 Å². The lowest BCUT2D eigenvalue weighted by atomic mass is 9.88. The van der Waals surface area contributed by atoms with E-state index >= 15 is 0 Å². The predicted molar refractivity (Wildman–Crippen MR) is 62.8 cm³/mol. The molecule has 1 aliphatic heterocycles. The average Bonchev–Trinajstić information content (AvgIpc) is 2.32. The molecule has 0 aromatic rings. The Labute approximate surface area is 93.8 Å². The number of carbonyl (C=O) groups excluding carboxylic acids is 1. The lowest BCUT2D eigenvalue weighted by molar-refractivity contribution is -0.144. The zero-order chi connectivity index (χ0) is 11.9. The number of ether oxygens (including phenoxy) is 1. The second-order valence-electron chi connectivity index (χ2n) is 4.14. The minimum atomic E-state index is -0.211. The van der Waals surface area contributed by atoms with Crippen molar-refractivity contribution in [3.63, 3.8) is 0 Å². The highest BCUT2D eigenvalue weighted by atomic mass is 16.5. The Bertz CT molecular complexity index is 184. The van der Waals surface area contributed by atoms with E-state index in [0.717, 1.165) is 19.5 Å². The number of hydrogen-bond donors (Lipinski definition) is 0. The summed E-state index contributed by atoms with van der Waals surface area (Å²) in [4.78, 5) is 13.8. The molecule has 0 radical (unpaired) electrons. The summed E-state index contributed by atoms with van der Waals surface area (Å²) in [5.74, 6) is 0.262. The largest absolute Gasteiger partial charge is 0.378 e. The predicted octanol–water partition coefficient (Wildman–Crippen LogP) is 2.31. The molecule has 0 atom stereocenters. The van der Waals surface area contributed by atoms with Gasteiger partial charge in [0.15, 0.2) is 0 Å². The molecule has 1 heterocycles. The zero-order valence-electron chi connectivity index (χ0n) is 10.8. The van der Waals surface area contributed by atoms with Gasteiger partial charge >= 0.3 is 0 Å². The van der Waals surface area contributed by atoms with Crippen LogP contribution in [0.5, 0.6) is 0 Å². The molecule has 1 amide bonds. The maximum Gasteiger partial charge on any atom is 0.228 e. The molecule has 0 unspecified atom stereocenters. The molecular formula is C12H25NO2. The fourth-order valence-electron chi connectivity index (χ4n) is 1.35. The fraction of sp³-hybridized carbons (Fsp3) is 0.917.